The number of fused-ring (bicyclic) bond motifs is 1. The molecule has 5 rings (SSSR count). The van der Waals surface area contributed by atoms with Crippen molar-refractivity contribution >= 4 is 29.1 Å². The molecule has 0 spiro atoms. The highest BCUT2D eigenvalue weighted by Gasteiger charge is 2.23. The van der Waals surface area contributed by atoms with Gasteiger partial charge in [0.2, 0.25) is 0 Å². The molecule has 0 radical (unpaired) electrons. The van der Waals surface area contributed by atoms with Crippen molar-refractivity contribution < 1.29 is 19.1 Å². The molecule has 2 heterocycles. The minimum atomic E-state index is -0.540. The van der Waals surface area contributed by atoms with E-state index in [2.05, 4.69) is 81.6 Å². The maximum Gasteiger partial charge on any atom is 0.433 e. The smallest absolute Gasteiger partial charge is 0.433 e. The zero-order valence-electron chi connectivity index (χ0n) is 28.5. The summed E-state index contributed by atoms with van der Waals surface area (Å²) in [5.41, 5.74) is 2.92. The summed E-state index contributed by atoms with van der Waals surface area (Å²) in [6, 6.07) is 23.0. The van der Waals surface area contributed by atoms with Gasteiger partial charge in [0.25, 0.3) is 0 Å². The first-order valence-corrected chi connectivity index (χ1v) is 17.0. The Kier molecular flexibility index (Phi) is 12.0. The van der Waals surface area contributed by atoms with E-state index in [1.807, 2.05) is 37.8 Å². The Balaban J connectivity index is 1.18. The molecule has 2 saturated heterocycles. The van der Waals surface area contributed by atoms with Gasteiger partial charge in [-0.3, -0.25) is 9.80 Å². The van der Waals surface area contributed by atoms with E-state index >= 15 is 0 Å². The number of nitrogens with zero attached hydrogens (tertiary/aromatic N) is 4. The van der Waals surface area contributed by atoms with Crippen LogP contribution in [-0.2, 0) is 22.6 Å². The number of urea groups is 1. The van der Waals surface area contributed by atoms with Crippen LogP contribution in [-0.4, -0.2) is 91.1 Å². The van der Waals surface area contributed by atoms with Gasteiger partial charge in [-0.15, -0.1) is 0 Å². The first kappa shape index (κ1) is 34.5. The molecule has 3 amide bonds. The number of carbonyl (C=O) groups excluding carboxylic acids is 2. The normalized spacial score (nSPS) is 18.4. The van der Waals surface area contributed by atoms with Gasteiger partial charge < -0.3 is 19.7 Å². The molecule has 2 fully saturated rings. The van der Waals surface area contributed by atoms with Gasteiger partial charge in [-0.1, -0.05) is 66.7 Å². The minimum absolute atomic E-state index is 0.0485. The summed E-state index contributed by atoms with van der Waals surface area (Å²) in [6.45, 7) is 15.9. The van der Waals surface area contributed by atoms with Crippen LogP contribution in [0.4, 0.5) is 9.59 Å². The van der Waals surface area contributed by atoms with Crippen molar-refractivity contribution in [1.82, 2.24) is 20.0 Å². The number of amides is 3. The van der Waals surface area contributed by atoms with E-state index in [4.69, 9.17) is 9.47 Å². The minimum Gasteiger partial charge on any atom is -0.442 e. The van der Waals surface area contributed by atoms with E-state index in [0.29, 0.717) is 13.1 Å². The Morgan fingerprint density at radius 1 is 1.00 bits per heavy atom. The fourth-order valence-corrected chi connectivity index (χ4v) is 6.36. The molecule has 3 aromatic rings. The fourth-order valence-electron chi connectivity index (χ4n) is 6.36. The number of benzene rings is 3. The van der Waals surface area contributed by atoms with Crippen LogP contribution < -0.4 is 5.32 Å². The molecular weight excluding hydrogens is 590 g/mol. The zero-order valence-corrected chi connectivity index (χ0v) is 28.5. The zero-order chi connectivity index (χ0) is 33.2. The molecule has 2 aliphatic rings. The first-order chi connectivity index (χ1) is 22.6. The van der Waals surface area contributed by atoms with Gasteiger partial charge in [-0.25, -0.2) is 9.59 Å². The summed E-state index contributed by atoms with van der Waals surface area (Å²) in [6.07, 6.45) is 3.09. The lowest BCUT2D eigenvalue weighted by Gasteiger charge is -2.29. The maximum absolute atomic E-state index is 13.8. The Bertz CT molecular complexity index is 1490. The molecule has 47 heavy (non-hydrogen) atoms. The van der Waals surface area contributed by atoms with Crippen LogP contribution in [0.3, 0.4) is 0 Å². The van der Waals surface area contributed by atoms with Gasteiger partial charge in [0, 0.05) is 57.9 Å². The topological polar surface area (TPSA) is 86.7 Å². The van der Waals surface area contributed by atoms with Crippen LogP contribution in [0.15, 0.2) is 71.7 Å². The van der Waals surface area contributed by atoms with E-state index in [1.54, 1.807) is 6.21 Å². The number of morpholine rings is 1. The van der Waals surface area contributed by atoms with Crippen LogP contribution in [0, 0.1) is 5.92 Å². The highest BCUT2D eigenvalue weighted by Crippen LogP contribution is 2.25. The highest BCUT2D eigenvalue weighted by atomic mass is 16.6. The summed E-state index contributed by atoms with van der Waals surface area (Å²) in [7, 11) is 0. The van der Waals surface area contributed by atoms with Gasteiger partial charge in [0.05, 0.1) is 19.3 Å². The SMILES string of the molecule is C[C@H](NC(=O)N(CCCN1CCOCC1)Cc1ccc(CN2CCC(/C=N\C(=O)OC(C)(C)C)C2)cc1)c1cccc2ccccc12. The van der Waals surface area contributed by atoms with Crippen molar-refractivity contribution in [3.05, 3.63) is 83.4 Å². The summed E-state index contributed by atoms with van der Waals surface area (Å²) in [5.74, 6) is 0.239. The lowest BCUT2D eigenvalue weighted by atomic mass is 10.00. The fraction of sp³-hybridized carbons (Fsp3) is 0.500. The lowest BCUT2D eigenvalue weighted by Crippen LogP contribution is -2.43. The number of aliphatic imine (C=N–C) groups is 1. The molecule has 252 valence electrons. The van der Waals surface area contributed by atoms with E-state index < -0.39 is 11.7 Å². The van der Waals surface area contributed by atoms with E-state index in [-0.39, 0.29) is 18.0 Å². The monoisotopic (exact) mass is 641 g/mol. The Labute approximate surface area is 279 Å². The Hall–Kier alpha value is -3.79. The van der Waals surface area contributed by atoms with Crippen molar-refractivity contribution in [1.29, 1.82) is 0 Å². The van der Waals surface area contributed by atoms with Crippen molar-refractivity contribution in [2.75, 3.05) is 52.5 Å². The molecule has 9 nitrogen and oxygen atoms in total. The van der Waals surface area contributed by atoms with Crippen molar-refractivity contribution in [3.63, 3.8) is 0 Å². The van der Waals surface area contributed by atoms with Crippen LogP contribution in [0.5, 0.6) is 0 Å². The van der Waals surface area contributed by atoms with E-state index in [1.165, 1.54) is 10.9 Å². The van der Waals surface area contributed by atoms with Gasteiger partial charge in [-0.2, -0.15) is 4.99 Å². The first-order valence-electron chi connectivity index (χ1n) is 17.0. The molecule has 3 aromatic carbocycles. The predicted octanol–water partition coefficient (Wildman–Crippen LogP) is 6.66. The van der Waals surface area contributed by atoms with Gasteiger partial charge in [0.15, 0.2) is 0 Å². The number of ether oxygens (including phenoxy) is 2. The molecule has 2 atom stereocenters. The van der Waals surface area contributed by atoms with Gasteiger partial charge in [-0.05, 0) is 74.5 Å². The molecule has 9 heteroatoms. The average Bonchev–Trinajstić information content (AvgIpc) is 3.50. The summed E-state index contributed by atoms with van der Waals surface area (Å²) < 4.78 is 10.8. The summed E-state index contributed by atoms with van der Waals surface area (Å²) in [4.78, 5) is 36.5. The highest BCUT2D eigenvalue weighted by molar-refractivity contribution is 5.86. The van der Waals surface area contributed by atoms with E-state index in [9.17, 15) is 9.59 Å². The average molecular weight is 642 g/mol. The second-order valence-corrected chi connectivity index (χ2v) is 13.8. The lowest BCUT2D eigenvalue weighted by molar-refractivity contribution is 0.0364. The van der Waals surface area contributed by atoms with Crippen molar-refractivity contribution in [2.24, 2.45) is 10.9 Å². The molecule has 1 N–H and O–H groups in total. The summed E-state index contributed by atoms with van der Waals surface area (Å²) in [5, 5.41) is 5.63. The third-order valence-electron chi connectivity index (χ3n) is 8.82. The third-order valence-corrected chi connectivity index (χ3v) is 8.82. The molecule has 2 aliphatic heterocycles. The second kappa shape index (κ2) is 16.4. The molecule has 0 aliphatic carbocycles. The number of carbonyl (C=O) groups is 2. The van der Waals surface area contributed by atoms with Gasteiger partial charge >= 0.3 is 12.1 Å². The number of hydrogen-bond donors (Lipinski definition) is 1. The maximum atomic E-state index is 13.8. The standard InChI is InChI=1S/C38H51N5O4/c1-29(34-12-7-10-33-9-5-6-11-35(33)34)40-36(44)43(19-8-18-41-21-23-46-24-22-41)28-31-15-13-30(14-16-31)26-42-20-17-32(27-42)25-39-37(45)47-38(2,3)4/h5-7,9-16,25,29,32H,8,17-24,26-28H2,1-4H3,(H,40,44)/b39-25-/t29-,32?/m0/s1. The van der Waals surface area contributed by atoms with Crippen molar-refractivity contribution in [3.8, 4) is 0 Å². The predicted molar refractivity (Wildman–Crippen MR) is 188 cm³/mol. The molecule has 0 bridgehead atoms. The molecule has 1 unspecified atom stereocenters. The number of hydrogen-bond acceptors (Lipinski definition) is 6. The molecule has 0 aromatic heterocycles. The van der Waals surface area contributed by atoms with Crippen LogP contribution in [0.1, 0.15) is 63.3 Å². The van der Waals surface area contributed by atoms with Crippen LogP contribution in [0.2, 0.25) is 0 Å². The second-order valence-electron chi connectivity index (χ2n) is 13.8. The quantitative estimate of drug-likeness (QED) is 0.236. The molecular formula is C38H51N5O4. The van der Waals surface area contributed by atoms with Crippen molar-refractivity contribution in [2.45, 2.75) is 65.3 Å². The number of likely N-dealkylation sites (tertiary alicyclic amines) is 1. The largest absolute Gasteiger partial charge is 0.442 e. The van der Waals surface area contributed by atoms with E-state index in [0.717, 1.165) is 81.8 Å². The van der Waals surface area contributed by atoms with Crippen LogP contribution in [0.25, 0.3) is 10.8 Å². The number of nitrogens with one attached hydrogen (secondary N) is 1. The summed E-state index contributed by atoms with van der Waals surface area (Å²) >= 11 is 0. The Morgan fingerprint density at radius 3 is 2.49 bits per heavy atom. The third kappa shape index (κ3) is 10.6. The number of rotatable bonds is 11. The van der Waals surface area contributed by atoms with Gasteiger partial charge in [0.1, 0.15) is 5.60 Å². The van der Waals surface area contributed by atoms with Crippen LogP contribution >= 0.6 is 0 Å². The Morgan fingerprint density at radius 2 is 1.72 bits per heavy atom. The molecule has 0 saturated carbocycles.